The summed E-state index contributed by atoms with van der Waals surface area (Å²) >= 11 is 0. The fraction of sp³-hybridized carbons (Fsp3) is 0.733. The second-order valence-corrected chi connectivity index (χ2v) is 6.00. The molecule has 1 rings (SSSR count). The van der Waals surface area contributed by atoms with Crippen molar-refractivity contribution in [1.29, 1.82) is 0 Å². The Labute approximate surface area is 101 Å². The van der Waals surface area contributed by atoms with Crippen LogP contribution >= 0.6 is 0 Å². The summed E-state index contributed by atoms with van der Waals surface area (Å²) in [4.78, 5) is 0. The van der Waals surface area contributed by atoms with E-state index in [2.05, 4.69) is 45.6 Å². The van der Waals surface area contributed by atoms with Crippen LogP contribution in [0, 0.1) is 5.92 Å². The molecule has 0 amide bonds. The van der Waals surface area contributed by atoms with Crippen LogP contribution in [0.3, 0.4) is 0 Å². The topological polar surface area (TPSA) is 27.6 Å². The van der Waals surface area contributed by atoms with Gasteiger partial charge in [0.25, 0.3) is 0 Å². The predicted octanol–water partition coefficient (Wildman–Crippen LogP) is 3.48. The minimum atomic E-state index is 0.253. The van der Waals surface area contributed by atoms with Gasteiger partial charge in [0.2, 0.25) is 0 Å². The van der Waals surface area contributed by atoms with Crippen LogP contribution in [-0.4, -0.2) is 5.54 Å². The first-order valence-electron chi connectivity index (χ1n) is 6.56. The van der Waals surface area contributed by atoms with Gasteiger partial charge in [-0.25, -0.2) is 0 Å². The molecule has 1 aliphatic rings. The Balaban J connectivity index is 2.47. The molecule has 0 aromatic heterocycles. The quantitative estimate of drug-likeness (QED) is 0.705. The molecule has 92 valence electrons. The smallest absolute Gasteiger partial charge is 0.0951 e. The van der Waals surface area contributed by atoms with Crippen molar-refractivity contribution in [2.45, 2.75) is 65.3 Å². The zero-order valence-corrected chi connectivity index (χ0v) is 11.5. The van der Waals surface area contributed by atoms with Gasteiger partial charge >= 0.3 is 0 Å². The van der Waals surface area contributed by atoms with Crippen LogP contribution in [0.1, 0.15) is 59.8 Å². The molecule has 0 spiro atoms. The van der Waals surface area contributed by atoms with Gasteiger partial charge < -0.3 is 5.73 Å². The van der Waals surface area contributed by atoms with Crippen molar-refractivity contribution in [3.63, 3.8) is 0 Å². The van der Waals surface area contributed by atoms with Crippen LogP contribution in [0.15, 0.2) is 23.3 Å². The number of hydrogen-bond donors (Lipinski definition) is 1. The average Bonchev–Trinajstić information content (AvgIpc) is 2.17. The Kier molecular flexibility index (Phi) is 4.79. The Morgan fingerprint density at radius 2 is 2.25 bits per heavy atom. The molecule has 16 heavy (non-hydrogen) atoms. The van der Waals surface area contributed by atoms with E-state index in [0.717, 1.165) is 5.92 Å². The minimum absolute atomic E-state index is 0.253. The third-order valence-electron chi connectivity index (χ3n) is 3.89. The lowest BCUT2D eigenvalue weighted by atomic mass is 9.75. The van der Waals surface area contributed by atoms with E-state index in [-0.39, 0.29) is 5.54 Å². The fourth-order valence-corrected chi connectivity index (χ4v) is 2.49. The zero-order chi connectivity index (χ0) is 12.2. The van der Waals surface area contributed by atoms with Crippen LogP contribution in [0.4, 0.5) is 0 Å². The highest BCUT2D eigenvalue weighted by Crippen LogP contribution is 2.31. The molecule has 2 unspecified atom stereocenters. The molecule has 0 aromatic rings. The average molecular weight is 222 g/mol. The molecule has 0 radical (unpaired) electrons. The lowest BCUT2D eigenvalue weighted by molar-refractivity contribution is -0.488. The van der Waals surface area contributed by atoms with Crippen molar-refractivity contribution in [1.82, 2.24) is 0 Å². The second kappa shape index (κ2) is 5.67. The molecular formula is C15H28N+. The van der Waals surface area contributed by atoms with Crippen LogP contribution in [0.5, 0.6) is 0 Å². The summed E-state index contributed by atoms with van der Waals surface area (Å²) in [6.07, 6.45) is 11.0. The fourth-order valence-electron chi connectivity index (χ4n) is 2.49. The van der Waals surface area contributed by atoms with E-state index < -0.39 is 0 Å². The van der Waals surface area contributed by atoms with Crippen molar-refractivity contribution < 1.29 is 5.73 Å². The van der Waals surface area contributed by atoms with E-state index in [1.807, 2.05) is 0 Å². The first kappa shape index (κ1) is 13.5. The van der Waals surface area contributed by atoms with Gasteiger partial charge in [-0.2, -0.15) is 0 Å². The van der Waals surface area contributed by atoms with Gasteiger partial charge in [0.15, 0.2) is 0 Å². The Morgan fingerprint density at radius 1 is 1.56 bits per heavy atom. The summed E-state index contributed by atoms with van der Waals surface area (Å²) in [6.45, 7) is 8.94. The van der Waals surface area contributed by atoms with Gasteiger partial charge in [0.05, 0.1) is 5.54 Å². The molecule has 0 bridgehead atoms. The highest BCUT2D eigenvalue weighted by atomic mass is 14.7. The molecule has 0 aliphatic heterocycles. The van der Waals surface area contributed by atoms with Gasteiger partial charge in [0, 0.05) is 12.3 Å². The molecule has 3 N–H and O–H groups in total. The van der Waals surface area contributed by atoms with Crippen molar-refractivity contribution in [3.8, 4) is 0 Å². The van der Waals surface area contributed by atoms with Crippen LogP contribution in [0.25, 0.3) is 0 Å². The Hall–Kier alpha value is -0.560. The standard InChI is InChI=1S/C15H27N/c1-12(2)6-5-11-15(4,16)14-9-7-13(3)8-10-14/h6-7,14H,5,8-11,16H2,1-4H3/p+1. The summed E-state index contributed by atoms with van der Waals surface area (Å²) < 4.78 is 0. The van der Waals surface area contributed by atoms with Gasteiger partial charge in [-0.15, -0.1) is 0 Å². The molecule has 1 heteroatoms. The van der Waals surface area contributed by atoms with Gasteiger partial charge in [-0.1, -0.05) is 23.3 Å². The second-order valence-electron chi connectivity index (χ2n) is 6.00. The third-order valence-corrected chi connectivity index (χ3v) is 3.89. The number of quaternary nitrogens is 1. The number of hydrogen-bond acceptors (Lipinski definition) is 0. The highest BCUT2D eigenvalue weighted by Gasteiger charge is 2.33. The summed E-state index contributed by atoms with van der Waals surface area (Å²) in [5.41, 5.74) is 7.70. The van der Waals surface area contributed by atoms with Gasteiger partial charge in [-0.05, 0) is 53.4 Å². The van der Waals surface area contributed by atoms with Crippen molar-refractivity contribution >= 4 is 0 Å². The highest BCUT2D eigenvalue weighted by molar-refractivity contribution is 5.05. The van der Waals surface area contributed by atoms with Gasteiger partial charge in [0.1, 0.15) is 0 Å². The van der Waals surface area contributed by atoms with Crippen molar-refractivity contribution in [2.75, 3.05) is 0 Å². The maximum absolute atomic E-state index is 4.46. The summed E-state index contributed by atoms with van der Waals surface area (Å²) in [7, 11) is 0. The molecule has 1 nitrogen and oxygen atoms in total. The SMILES string of the molecule is CC(C)=CCCC(C)([NH3+])C1CC=C(C)CC1. The maximum atomic E-state index is 4.46. The van der Waals surface area contributed by atoms with E-state index in [9.17, 15) is 0 Å². The molecule has 1 aliphatic carbocycles. The minimum Gasteiger partial charge on any atom is -0.353 e. The van der Waals surface area contributed by atoms with Crippen molar-refractivity contribution in [2.24, 2.45) is 5.92 Å². The molecule has 0 saturated carbocycles. The summed E-state index contributed by atoms with van der Waals surface area (Å²) in [5, 5.41) is 0. The van der Waals surface area contributed by atoms with E-state index >= 15 is 0 Å². The van der Waals surface area contributed by atoms with Gasteiger partial charge in [-0.3, -0.25) is 0 Å². The van der Waals surface area contributed by atoms with Crippen LogP contribution in [0.2, 0.25) is 0 Å². The Bertz CT molecular complexity index is 280. The summed E-state index contributed by atoms with van der Waals surface area (Å²) in [5.74, 6) is 0.779. The van der Waals surface area contributed by atoms with E-state index in [1.54, 1.807) is 5.57 Å². The largest absolute Gasteiger partial charge is 0.353 e. The monoisotopic (exact) mass is 222 g/mol. The first-order chi connectivity index (χ1) is 7.42. The van der Waals surface area contributed by atoms with E-state index in [1.165, 1.54) is 37.7 Å². The normalized spacial score (nSPS) is 24.6. The Morgan fingerprint density at radius 3 is 2.75 bits per heavy atom. The molecule has 0 aromatic carbocycles. The summed E-state index contributed by atoms with van der Waals surface area (Å²) in [6, 6.07) is 0. The van der Waals surface area contributed by atoms with Crippen LogP contribution < -0.4 is 5.73 Å². The maximum Gasteiger partial charge on any atom is 0.0951 e. The molecule has 2 atom stereocenters. The number of allylic oxidation sites excluding steroid dienone is 4. The van der Waals surface area contributed by atoms with E-state index in [4.69, 9.17) is 0 Å². The van der Waals surface area contributed by atoms with E-state index in [0.29, 0.717) is 0 Å². The molecule has 0 saturated heterocycles. The molecular weight excluding hydrogens is 194 g/mol. The lowest BCUT2D eigenvalue weighted by Gasteiger charge is -2.32. The molecule has 0 heterocycles. The predicted molar refractivity (Wildman–Crippen MR) is 71.1 cm³/mol. The number of rotatable bonds is 4. The first-order valence-corrected chi connectivity index (χ1v) is 6.56. The van der Waals surface area contributed by atoms with Crippen molar-refractivity contribution in [3.05, 3.63) is 23.3 Å². The third kappa shape index (κ3) is 4.13. The zero-order valence-electron chi connectivity index (χ0n) is 11.5. The molecule has 0 fully saturated rings. The van der Waals surface area contributed by atoms with Crippen LogP contribution in [-0.2, 0) is 0 Å². The lowest BCUT2D eigenvalue weighted by Crippen LogP contribution is -2.74.